The molecule has 1 N–H and O–H groups in total. The van der Waals surface area contributed by atoms with Gasteiger partial charge in [0.1, 0.15) is 40.2 Å². The number of nitrogens with zero attached hydrogens (tertiary/aromatic N) is 4. The fourth-order valence-corrected chi connectivity index (χ4v) is 5.59. The van der Waals surface area contributed by atoms with Gasteiger partial charge in [0.25, 0.3) is 0 Å². The molecule has 2 aromatic carbocycles. The third-order valence-corrected chi connectivity index (χ3v) is 7.81. The van der Waals surface area contributed by atoms with E-state index in [4.69, 9.17) is 4.98 Å². The number of rotatable bonds is 3. The van der Waals surface area contributed by atoms with E-state index < -0.39 is 11.2 Å². The molecule has 1 aliphatic heterocycles. The van der Waals surface area contributed by atoms with Crippen LogP contribution in [0.4, 0.5) is 14.6 Å². The zero-order chi connectivity index (χ0) is 26.3. The second kappa shape index (κ2) is 7.91. The number of hydrogen-bond acceptors (Lipinski definition) is 6. The standard InChI is InChI=1S/C29H28F2N4O2/c1-5-17-20(30)7-6-15-10-16(36)11-18(22(15)17)24-23(31)25-19(12-32-24)26(34-27(33-25)28(2,3)4)35-13-29(14-35)9-8-21(29)37/h6-7,10-12,36H,5,8-9,13-14H2,1-4H3. The van der Waals surface area contributed by atoms with Crippen LogP contribution in [-0.4, -0.2) is 38.9 Å². The number of aromatic nitrogens is 3. The SMILES string of the molecule is CCc1c(F)ccc2cc(O)cc(-c3ncc4c(N5CC6(CCC6=O)C5)nc(C(C)(C)C)nc4c3F)c12. The molecule has 0 atom stereocenters. The quantitative estimate of drug-likeness (QED) is 0.378. The average Bonchev–Trinajstić information content (AvgIpc) is 2.81. The van der Waals surface area contributed by atoms with Crippen molar-refractivity contribution in [2.24, 2.45) is 5.41 Å². The van der Waals surface area contributed by atoms with Crippen LogP contribution in [0.1, 0.15) is 51.9 Å². The summed E-state index contributed by atoms with van der Waals surface area (Å²) in [7, 11) is 0. The first-order chi connectivity index (χ1) is 17.5. The van der Waals surface area contributed by atoms with Crippen molar-refractivity contribution < 1.29 is 18.7 Å². The van der Waals surface area contributed by atoms with Crippen LogP contribution in [0.2, 0.25) is 0 Å². The summed E-state index contributed by atoms with van der Waals surface area (Å²) >= 11 is 0. The first-order valence-corrected chi connectivity index (χ1v) is 12.6. The Labute approximate surface area is 213 Å². The van der Waals surface area contributed by atoms with Gasteiger partial charge in [0.05, 0.1) is 10.8 Å². The number of hydrogen-bond donors (Lipinski definition) is 1. The van der Waals surface area contributed by atoms with Crippen LogP contribution < -0.4 is 4.90 Å². The van der Waals surface area contributed by atoms with Crippen molar-refractivity contribution in [1.82, 2.24) is 15.0 Å². The van der Waals surface area contributed by atoms with Crippen molar-refractivity contribution >= 4 is 33.3 Å². The lowest BCUT2D eigenvalue weighted by molar-refractivity contribution is -0.140. The van der Waals surface area contributed by atoms with E-state index in [9.17, 15) is 14.3 Å². The van der Waals surface area contributed by atoms with Crippen LogP contribution in [-0.2, 0) is 16.6 Å². The topological polar surface area (TPSA) is 79.2 Å². The van der Waals surface area contributed by atoms with Crippen molar-refractivity contribution in [2.45, 2.75) is 52.4 Å². The first kappa shape index (κ1) is 23.7. The molecule has 6 rings (SSSR count). The molecule has 2 aliphatic rings. The van der Waals surface area contributed by atoms with Gasteiger partial charge in [-0.05, 0) is 47.4 Å². The fourth-order valence-electron chi connectivity index (χ4n) is 5.59. The van der Waals surface area contributed by atoms with Crippen LogP contribution in [0.15, 0.2) is 30.5 Å². The molecule has 2 aromatic heterocycles. The zero-order valence-electron chi connectivity index (χ0n) is 21.3. The summed E-state index contributed by atoms with van der Waals surface area (Å²) in [5.41, 5.74) is 0.102. The van der Waals surface area contributed by atoms with E-state index in [-0.39, 0.29) is 34.0 Å². The second-order valence-corrected chi connectivity index (χ2v) is 11.3. The summed E-state index contributed by atoms with van der Waals surface area (Å²) in [6.07, 6.45) is 3.43. The number of pyridine rings is 1. The molecule has 0 bridgehead atoms. The van der Waals surface area contributed by atoms with Gasteiger partial charge in [0, 0.05) is 36.7 Å². The summed E-state index contributed by atoms with van der Waals surface area (Å²) < 4.78 is 31.1. The monoisotopic (exact) mass is 502 g/mol. The van der Waals surface area contributed by atoms with E-state index in [0.29, 0.717) is 64.9 Å². The Kier molecular flexibility index (Phi) is 5.07. The summed E-state index contributed by atoms with van der Waals surface area (Å²) in [6.45, 7) is 8.83. The first-order valence-electron chi connectivity index (χ1n) is 12.6. The van der Waals surface area contributed by atoms with Gasteiger partial charge >= 0.3 is 0 Å². The molecule has 1 spiro atoms. The van der Waals surface area contributed by atoms with E-state index in [0.717, 1.165) is 6.42 Å². The third-order valence-electron chi connectivity index (χ3n) is 7.81. The number of anilines is 1. The highest BCUT2D eigenvalue weighted by Crippen LogP contribution is 2.48. The van der Waals surface area contributed by atoms with Gasteiger partial charge in [-0.3, -0.25) is 9.78 Å². The fraction of sp³-hybridized carbons (Fsp3) is 0.379. The van der Waals surface area contributed by atoms with Crippen molar-refractivity contribution in [3.8, 4) is 17.0 Å². The largest absolute Gasteiger partial charge is 0.508 e. The van der Waals surface area contributed by atoms with Crippen LogP contribution in [0.5, 0.6) is 5.75 Å². The van der Waals surface area contributed by atoms with E-state index in [1.54, 1.807) is 12.3 Å². The Morgan fingerprint density at radius 3 is 2.51 bits per heavy atom. The maximum Gasteiger partial charge on any atom is 0.175 e. The molecule has 1 saturated heterocycles. The summed E-state index contributed by atoms with van der Waals surface area (Å²) in [6, 6.07) is 5.89. The lowest BCUT2D eigenvalue weighted by Crippen LogP contribution is -2.65. The number of ketones is 1. The van der Waals surface area contributed by atoms with Crippen molar-refractivity contribution in [3.05, 3.63) is 53.5 Å². The van der Waals surface area contributed by atoms with E-state index >= 15 is 4.39 Å². The minimum absolute atomic E-state index is 0.00698. The van der Waals surface area contributed by atoms with Crippen LogP contribution >= 0.6 is 0 Å². The zero-order valence-corrected chi connectivity index (χ0v) is 21.3. The Hall–Kier alpha value is -3.68. The number of phenolic OH excluding ortho intramolecular Hbond substituents is 1. The van der Waals surface area contributed by atoms with Crippen molar-refractivity contribution in [2.75, 3.05) is 18.0 Å². The molecule has 3 heterocycles. The highest BCUT2D eigenvalue weighted by atomic mass is 19.1. The van der Waals surface area contributed by atoms with E-state index in [1.165, 1.54) is 18.2 Å². The third kappa shape index (κ3) is 3.49. The number of benzene rings is 2. The maximum atomic E-state index is 16.4. The number of carbonyl (C=O) groups is 1. The Bertz CT molecular complexity index is 1620. The van der Waals surface area contributed by atoms with Gasteiger partial charge < -0.3 is 10.0 Å². The highest BCUT2D eigenvalue weighted by Gasteiger charge is 2.55. The number of aromatic hydroxyl groups is 1. The maximum absolute atomic E-state index is 16.4. The van der Waals surface area contributed by atoms with Crippen molar-refractivity contribution in [1.29, 1.82) is 0 Å². The summed E-state index contributed by atoms with van der Waals surface area (Å²) in [4.78, 5) is 28.1. The normalized spacial score (nSPS) is 16.9. The van der Waals surface area contributed by atoms with Gasteiger partial charge in [-0.2, -0.15) is 0 Å². The molecular weight excluding hydrogens is 474 g/mol. The van der Waals surface area contributed by atoms with Gasteiger partial charge in [-0.25, -0.2) is 18.7 Å². The number of aryl methyl sites for hydroxylation is 1. The second-order valence-electron chi connectivity index (χ2n) is 11.3. The molecule has 1 saturated carbocycles. The van der Waals surface area contributed by atoms with E-state index in [1.807, 2.05) is 32.6 Å². The van der Waals surface area contributed by atoms with Crippen LogP contribution in [0, 0.1) is 17.0 Å². The van der Waals surface area contributed by atoms with Gasteiger partial charge in [0.15, 0.2) is 5.82 Å². The van der Waals surface area contributed by atoms with Gasteiger partial charge in [0.2, 0.25) is 0 Å². The predicted molar refractivity (Wildman–Crippen MR) is 139 cm³/mol. The molecule has 6 nitrogen and oxygen atoms in total. The number of halogens is 2. The van der Waals surface area contributed by atoms with Crippen LogP contribution in [0.3, 0.4) is 0 Å². The average molecular weight is 503 g/mol. The molecule has 0 radical (unpaired) electrons. The van der Waals surface area contributed by atoms with Crippen LogP contribution in [0.25, 0.3) is 32.9 Å². The number of Topliss-reactive ketones (excluding diaryl/α,β-unsaturated/α-hetero) is 1. The Balaban J connectivity index is 1.59. The molecular formula is C29H28F2N4O2. The molecule has 37 heavy (non-hydrogen) atoms. The van der Waals surface area contributed by atoms with Gasteiger partial charge in [-0.15, -0.1) is 0 Å². The van der Waals surface area contributed by atoms with Crippen molar-refractivity contribution in [3.63, 3.8) is 0 Å². The number of fused-ring (bicyclic) bond motifs is 2. The van der Waals surface area contributed by atoms with E-state index in [2.05, 4.69) is 9.97 Å². The molecule has 2 fully saturated rings. The Morgan fingerprint density at radius 2 is 1.89 bits per heavy atom. The molecule has 4 aromatic rings. The highest BCUT2D eigenvalue weighted by molar-refractivity contribution is 6.02. The summed E-state index contributed by atoms with van der Waals surface area (Å²) in [5, 5.41) is 12.0. The lowest BCUT2D eigenvalue weighted by atomic mass is 9.62. The molecule has 190 valence electrons. The summed E-state index contributed by atoms with van der Waals surface area (Å²) in [5.74, 6) is 0.221. The molecule has 0 unspecified atom stereocenters. The van der Waals surface area contributed by atoms with Gasteiger partial charge in [-0.1, -0.05) is 33.8 Å². The predicted octanol–water partition coefficient (Wildman–Crippen LogP) is 5.86. The minimum Gasteiger partial charge on any atom is -0.508 e. The number of carbonyl (C=O) groups excluding carboxylic acids is 1. The Morgan fingerprint density at radius 1 is 1.14 bits per heavy atom. The minimum atomic E-state index is -0.653. The molecule has 8 heteroatoms. The smallest absolute Gasteiger partial charge is 0.175 e. The number of phenols is 1. The molecule has 1 aliphatic carbocycles. The molecule has 0 amide bonds. The lowest BCUT2D eigenvalue weighted by Gasteiger charge is -2.54.